The van der Waals surface area contributed by atoms with Crippen molar-refractivity contribution in [3.63, 3.8) is 0 Å². The third kappa shape index (κ3) is 3.46. The second kappa shape index (κ2) is 8.26. The van der Waals surface area contributed by atoms with Crippen LogP contribution in [0, 0.1) is 0 Å². The van der Waals surface area contributed by atoms with Crippen LogP contribution in [0.3, 0.4) is 0 Å². The van der Waals surface area contributed by atoms with Gasteiger partial charge in [0.05, 0.1) is 19.2 Å². The molecule has 7 heteroatoms. The van der Waals surface area contributed by atoms with Gasteiger partial charge in [-0.05, 0) is 55.0 Å². The van der Waals surface area contributed by atoms with E-state index in [0.29, 0.717) is 13.2 Å². The third-order valence-corrected chi connectivity index (χ3v) is 6.03. The Labute approximate surface area is 196 Å². The van der Waals surface area contributed by atoms with E-state index < -0.39 is 0 Å². The van der Waals surface area contributed by atoms with Gasteiger partial charge in [-0.15, -0.1) is 10.2 Å². The van der Waals surface area contributed by atoms with Crippen LogP contribution >= 0.6 is 0 Å². The Morgan fingerprint density at radius 1 is 0.912 bits per heavy atom. The van der Waals surface area contributed by atoms with Crippen LogP contribution in [0.4, 0.5) is 0 Å². The molecule has 0 saturated heterocycles. The van der Waals surface area contributed by atoms with Gasteiger partial charge in [0.25, 0.3) is 0 Å². The SMILES string of the molecule is CCOc1ccc(-c2nnc3c4cc5c(cc4n(Cc4cccc(OC)c4)cc2-3)OCO5)cc1. The van der Waals surface area contributed by atoms with E-state index in [4.69, 9.17) is 18.9 Å². The summed E-state index contributed by atoms with van der Waals surface area (Å²) in [5.74, 6) is 3.12. The summed E-state index contributed by atoms with van der Waals surface area (Å²) in [5.41, 5.74) is 5.74. The van der Waals surface area contributed by atoms with Crippen LogP contribution in [0.1, 0.15) is 12.5 Å². The Bertz CT molecular complexity index is 1460. The molecule has 7 nitrogen and oxygen atoms in total. The van der Waals surface area contributed by atoms with Crippen LogP contribution in [0.2, 0.25) is 0 Å². The highest BCUT2D eigenvalue weighted by Crippen LogP contribution is 2.42. The molecule has 3 aliphatic rings. The molecule has 170 valence electrons. The first-order valence-electron chi connectivity index (χ1n) is 11.2. The smallest absolute Gasteiger partial charge is 0.231 e. The molecular weight excluding hydrogens is 430 g/mol. The van der Waals surface area contributed by atoms with Gasteiger partial charge in [0.2, 0.25) is 6.79 Å². The van der Waals surface area contributed by atoms with Gasteiger partial charge in [0.15, 0.2) is 11.5 Å². The molecule has 0 N–H and O–H groups in total. The quantitative estimate of drug-likeness (QED) is 0.344. The summed E-state index contributed by atoms with van der Waals surface area (Å²) in [6.45, 7) is 3.47. The lowest BCUT2D eigenvalue weighted by Gasteiger charge is -2.16. The van der Waals surface area contributed by atoms with Crippen LogP contribution in [0.5, 0.6) is 23.0 Å². The highest BCUT2D eigenvalue weighted by atomic mass is 16.7. The van der Waals surface area contributed by atoms with Gasteiger partial charge < -0.3 is 23.5 Å². The number of hydrogen-bond donors (Lipinski definition) is 0. The number of pyridine rings is 1. The van der Waals surface area contributed by atoms with Crippen molar-refractivity contribution >= 4 is 10.9 Å². The second-order valence-electron chi connectivity index (χ2n) is 8.10. The zero-order valence-corrected chi connectivity index (χ0v) is 18.9. The van der Waals surface area contributed by atoms with Crippen LogP contribution < -0.4 is 18.9 Å². The average molecular weight is 453 g/mol. The molecule has 0 unspecified atom stereocenters. The number of ether oxygens (including phenoxy) is 4. The van der Waals surface area contributed by atoms with Crippen molar-refractivity contribution in [1.29, 1.82) is 0 Å². The van der Waals surface area contributed by atoms with E-state index in [1.807, 2.05) is 61.5 Å². The van der Waals surface area contributed by atoms with E-state index in [1.54, 1.807) is 7.11 Å². The fourth-order valence-corrected chi connectivity index (χ4v) is 4.41. The van der Waals surface area contributed by atoms with Gasteiger partial charge >= 0.3 is 0 Å². The molecule has 3 aromatic rings. The van der Waals surface area contributed by atoms with Crippen molar-refractivity contribution in [3.05, 3.63) is 72.4 Å². The zero-order valence-electron chi connectivity index (χ0n) is 18.9. The summed E-state index contributed by atoms with van der Waals surface area (Å²) in [4.78, 5) is 0. The second-order valence-corrected chi connectivity index (χ2v) is 8.10. The van der Waals surface area contributed by atoms with Crippen molar-refractivity contribution in [2.75, 3.05) is 20.5 Å². The van der Waals surface area contributed by atoms with Gasteiger partial charge in [-0.3, -0.25) is 0 Å². The van der Waals surface area contributed by atoms with E-state index in [0.717, 1.165) is 62.0 Å². The molecule has 0 radical (unpaired) electrons. The maximum absolute atomic E-state index is 5.66. The van der Waals surface area contributed by atoms with Gasteiger partial charge in [-0.1, -0.05) is 12.1 Å². The Morgan fingerprint density at radius 2 is 1.71 bits per heavy atom. The minimum absolute atomic E-state index is 0.217. The van der Waals surface area contributed by atoms with Crippen LogP contribution in [-0.2, 0) is 6.54 Å². The molecular formula is C27H23N3O4. The van der Waals surface area contributed by atoms with Crippen LogP contribution in [0.25, 0.3) is 33.4 Å². The fourth-order valence-electron chi connectivity index (χ4n) is 4.41. The van der Waals surface area contributed by atoms with Crippen molar-refractivity contribution in [1.82, 2.24) is 14.8 Å². The van der Waals surface area contributed by atoms with E-state index >= 15 is 0 Å². The molecule has 6 rings (SSSR count). The van der Waals surface area contributed by atoms with E-state index in [9.17, 15) is 0 Å². The van der Waals surface area contributed by atoms with Crippen LogP contribution in [0.15, 0.2) is 66.9 Å². The molecule has 34 heavy (non-hydrogen) atoms. The first kappa shape index (κ1) is 20.4. The molecule has 0 fully saturated rings. The summed E-state index contributed by atoms with van der Waals surface area (Å²) in [5, 5.41) is 10.1. The van der Waals surface area contributed by atoms with E-state index in [-0.39, 0.29) is 6.79 Å². The summed E-state index contributed by atoms with van der Waals surface area (Å²) in [6, 6.07) is 20.1. The Balaban J connectivity index is 1.52. The van der Waals surface area contributed by atoms with Crippen molar-refractivity contribution in [3.8, 4) is 45.5 Å². The number of aromatic nitrogens is 3. The number of benzene rings is 3. The number of methoxy groups -OCH3 is 1. The van der Waals surface area contributed by atoms with Crippen molar-refractivity contribution < 1.29 is 18.9 Å². The number of nitrogens with zero attached hydrogens (tertiary/aromatic N) is 3. The van der Waals surface area contributed by atoms with Crippen LogP contribution in [-0.4, -0.2) is 35.3 Å². The Hall–Kier alpha value is -4.26. The monoisotopic (exact) mass is 453 g/mol. The highest BCUT2D eigenvalue weighted by Gasteiger charge is 2.24. The molecule has 0 aromatic heterocycles. The minimum Gasteiger partial charge on any atom is -0.497 e. The highest BCUT2D eigenvalue weighted by molar-refractivity contribution is 5.99. The Morgan fingerprint density at radius 3 is 2.50 bits per heavy atom. The van der Waals surface area contributed by atoms with Crippen molar-refractivity contribution in [2.24, 2.45) is 0 Å². The molecule has 0 aliphatic carbocycles. The summed E-state index contributed by atoms with van der Waals surface area (Å²) < 4.78 is 24.5. The summed E-state index contributed by atoms with van der Waals surface area (Å²) in [7, 11) is 1.68. The lowest BCUT2D eigenvalue weighted by Crippen LogP contribution is -2.04. The number of fused-ring (bicyclic) bond motifs is 4. The molecule has 0 atom stereocenters. The molecule has 0 bridgehead atoms. The van der Waals surface area contributed by atoms with Gasteiger partial charge in [0.1, 0.15) is 22.9 Å². The number of rotatable bonds is 6. The first-order chi connectivity index (χ1) is 16.7. The van der Waals surface area contributed by atoms with Gasteiger partial charge in [-0.25, -0.2) is 0 Å². The maximum atomic E-state index is 5.66. The normalized spacial score (nSPS) is 12.4. The maximum Gasteiger partial charge on any atom is 0.231 e. The predicted molar refractivity (Wildman–Crippen MR) is 129 cm³/mol. The topological polar surface area (TPSA) is 67.6 Å². The lowest BCUT2D eigenvalue weighted by atomic mass is 10.0. The van der Waals surface area contributed by atoms with Gasteiger partial charge in [0, 0.05) is 35.3 Å². The molecule has 3 aromatic carbocycles. The van der Waals surface area contributed by atoms with Gasteiger partial charge in [-0.2, -0.15) is 0 Å². The molecule has 3 aliphatic heterocycles. The largest absolute Gasteiger partial charge is 0.497 e. The molecule has 0 spiro atoms. The predicted octanol–water partition coefficient (Wildman–Crippen LogP) is 5.39. The number of hydrogen-bond acceptors (Lipinski definition) is 6. The fraction of sp³-hybridized carbons (Fsp3) is 0.185. The van der Waals surface area contributed by atoms with E-state index in [2.05, 4.69) is 27.0 Å². The standard InChI is InChI=1S/C27H23N3O4/c1-3-32-19-9-7-18(8-10-19)26-22-15-30(14-17-5-4-6-20(11-17)31-2)23-13-25-24(33-16-34-25)12-21(23)27(22)29-28-26/h4-13,15H,3,14,16H2,1-2H3. The average Bonchev–Trinajstić information content (AvgIpc) is 3.50. The third-order valence-electron chi connectivity index (χ3n) is 6.03. The minimum atomic E-state index is 0.217. The Kier molecular flexibility index (Phi) is 4.95. The summed E-state index contributed by atoms with van der Waals surface area (Å²) in [6.07, 6.45) is 2.12. The zero-order chi connectivity index (χ0) is 23.1. The van der Waals surface area contributed by atoms with Crippen molar-refractivity contribution in [2.45, 2.75) is 13.5 Å². The first-order valence-corrected chi connectivity index (χ1v) is 11.2. The molecule has 0 amide bonds. The molecule has 0 saturated carbocycles. The van der Waals surface area contributed by atoms with E-state index in [1.165, 1.54) is 0 Å². The summed E-state index contributed by atoms with van der Waals surface area (Å²) >= 11 is 0. The molecule has 3 heterocycles. The lowest BCUT2D eigenvalue weighted by molar-refractivity contribution is 0.174.